The van der Waals surface area contributed by atoms with E-state index in [-0.39, 0.29) is 29.0 Å². The lowest BCUT2D eigenvalue weighted by molar-refractivity contribution is 0.0692. The number of carboxylic acid groups (broad SMARTS) is 1. The van der Waals surface area contributed by atoms with E-state index < -0.39 is 11.8 Å². The molecule has 0 aliphatic carbocycles. The summed E-state index contributed by atoms with van der Waals surface area (Å²) in [6.45, 7) is 3.74. The van der Waals surface area contributed by atoms with Crippen LogP contribution in [0.25, 0.3) is 0 Å². The molecule has 0 amide bonds. The number of carbonyl (C=O) groups excluding carboxylic acids is 1. The topological polar surface area (TPSA) is 87.1 Å². The van der Waals surface area contributed by atoms with Crippen LogP contribution in [0.5, 0.6) is 11.5 Å². The fourth-order valence-electron chi connectivity index (χ4n) is 2.28. The second kappa shape index (κ2) is 7.53. The molecule has 0 aromatic heterocycles. The van der Waals surface area contributed by atoms with Crippen molar-refractivity contribution in [1.29, 1.82) is 0 Å². The van der Waals surface area contributed by atoms with Gasteiger partial charge >= 0.3 is 5.97 Å². The zero-order valence-corrected chi connectivity index (χ0v) is 14.0. The average Bonchev–Trinajstić information content (AvgIpc) is 2.58. The van der Waals surface area contributed by atoms with Crippen LogP contribution in [0.1, 0.15) is 26.3 Å². The minimum absolute atomic E-state index is 0.0219. The number of carbonyl (C=O) groups is 2. The fourth-order valence-corrected chi connectivity index (χ4v) is 2.28. The van der Waals surface area contributed by atoms with Gasteiger partial charge < -0.3 is 19.8 Å². The van der Waals surface area contributed by atoms with Crippen LogP contribution in [-0.4, -0.2) is 42.7 Å². The van der Waals surface area contributed by atoms with Gasteiger partial charge in [-0.3, -0.25) is 4.79 Å². The molecule has 130 valence electrons. The summed E-state index contributed by atoms with van der Waals surface area (Å²) < 4.78 is 5.30. The van der Waals surface area contributed by atoms with Crippen molar-refractivity contribution in [2.75, 3.05) is 25.6 Å². The van der Waals surface area contributed by atoms with Crippen molar-refractivity contribution >= 4 is 17.4 Å². The van der Waals surface area contributed by atoms with Gasteiger partial charge in [0, 0.05) is 31.4 Å². The summed E-state index contributed by atoms with van der Waals surface area (Å²) in [6, 6.07) is 8.77. The van der Waals surface area contributed by atoms with E-state index in [1.54, 1.807) is 25.1 Å². The van der Waals surface area contributed by atoms with Gasteiger partial charge in [0.15, 0.2) is 5.78 Å². The van der Waals surface area contributed by atoms with Crippen molar-refractivity contribution in [2.24, 2.45) is 0 Å². The Hall–Kier alpha value is -3.28. The van der Waals surface area contributed by atoms with Gasteiger partial charge in [-0.1, -0.05) is 12.7 Å². The molecule has 0 spiro atoms. The molecule has 2 rings (SSSR count). The van der Waals surface area contributed by atoms with Crippen LogP contribution >= 0.6 is 0 Å². The zero-order valence-electron chi connectivity index (χ0n) is 14.0. The van der Waals surface area contributed by atoms with Crippen molar-refractivity contribution in [3.63, 3.8) is 0 Å². The van der Waals surface area contributed by atoms with Crippen LogP contribution in [0, 0.1) is 0 Å². The van der Waals surface area contributed by atoms with E-state index in [1.165, 1.54) is 36.4 Å². The first-order chi connectivity index (χ1) is 11.8. The molecule has 6 nitrogen and oxygen atoms in total. The molecular formula is C19H19NO5. The molecule has 0 radical (unpaired) electrons. The Morgan fingerprint density at radius 3 is 2.36 bits per heavy atom. The van der Waals surface area contributed by atoms with E-state index in [9.17, 15) is 19.8 Å². The summed E-state index contributed by atoms with van der Waals surface area (Å²) in [5, 5.41) is 19.5. The maximum Gasteiger partial charge on any atom is 0.336 e. The summed E-state index contributed by atoms with van der Waals surface area (Å²) in [4.78, 5) is 26.0. The maximum absolute atomic E-state index is 12.7. The fraction of sp³-hybridized carbons (Fsp3) is 0.158. The first-order valence-corrected chi connectivity index (χ1v) is 7.51. The van der Waals surface area contributed by atoms with Gasteiger partial charge in [0.05, 0.1) is 11.1 Å². The summed E-state index contributed by atoms with van der Waals surface area (Å²) >= 11 is 0. The number of hydrogen-bond acceptors (Lipinski definition) is 5. The molecule has 0 bridgehead atoms. The monoisotopic (exact) mass is 341 g/mol. The first-order valence-electron chi connectivity index (χ1n) is 7.51. The number of anilines is 1. The van der Waals surface area contributed by atoms with Crippen molar-refractivity contribution in [1.82, 2.24) is 0 Å². The van der Waals surface area contributed by atoms with Gasteiger partial charge in [-0.25, -0.2) is 4.79 Å². The number of ether oxygens (including phenoxy) is 1. The van der Waals surface area contributed by atoms with Gasteiger partial charge in [0.1, 0.15) is 18.1 Å². The van der Waals surface area contributed by atoms with E-state index in [4.69, 9.17) is 4.74 Å². The third kappa shape index (κ3) is 3.98. The third-order valence-electron chi connectivity index (χ3n) is 3.58. The average molecular weight is 341 g/mol. The number of aromatic hydroxyl groups is 1. The van der Waals surface area contributed by atoms with Gasteiger partial charge in [-0.05, 0) is 30.3 Å². The van der Waals surface area contributed by atoms with Crippen LogP contribution in [0.2, 0.25) is 0 Å². The molecule has 0 aliphatic heterocycles. The van der Waals surface area contributed by atoms with Crippen LogP contribution in [-0.2, 0) is 0 Å². The van der Waals surface area contributed by atoms with E-state index in [1.807, 2.05) is 0 Å². The normalized spacial score (nSPS) is 10.2. The number of nitrogens with zero attached hydrogens (tertiary/aromatic N) is 1. The highest BCUT2D eigenvalue weighted by Gasteiger charge is 2.21. The zero-order chi connectivity index (χ0) is 18.6. The largest absolute Gasteiger partial charge is 0.507 e. The molecule has 25 heavy (non-hydrogen) atoms. The van der Waals surface area contributed by atoms with Crippen LogP contribution in [0.3, 0.4) is 0 Å². The second-order valence-electron chi connectivity index (χ2n) is 5.54. The maximum atomic E-state index is 12.7. The number of rotatable bonds is 7. The van der Waals surface area contributed by atoms with E-state index >= 15 is 0 Å². The molecule has 0 fully saturated rings. The van der Waals surface area contributed by atoms with E-state index in [0.717, 1.165) is 5.69 Å². The Balaban J connectivity index is 2.45. The third-order valence-corrected chi connectivity index (χ3v) is 3.58. The number of ketones is 1. The number of carboxylic acids is 1. The Morgan fingerprint density at radius 1 is 1.12 bits per heavy atom. The second-order valence-corrected chi connectivity index (χ2v) is 5.54. The number of aromatic carboxylic acids is 1. The minimum Gasteiger partial charge on any atom is -0.507 e. The van der Waals surface area contributed by atoms with Crippen LogP contribution in [0.15, 0.2) is 49.1 Å². The van der Waals surface area contributed by atoms with Crippen molar-refractivity contribution in [3.05, 3.63) is 65.7 Å². The molecule has 0 saturated carbocycles. The van der Waals surface area contributed by atoms with Gasteiger partial charge in [0.2, 0.25) is 0 Å². The minimum atomic E-state index is -1.25. The quantitative estimate of drug-likeness (QED) is 0.595. The van der Waals surface area contributed by atoms with E-state index in [2.05, 4.69) is 6.58 Å². The van der Waals surface area contributed by atoms with Gasteiger partial charge in [-0.15, -0.1) is 0 Å². The summed E-state index contributed by atoms with van der Waals surface area (Å²) in [6.07, 6.45) is 1.53. The molecule has 2 N–H and O–H groups in total. The molecule has 0 unspecified atom stereocenters. The predicted octanol–water partition coefficient (Wildman–Crippen LogP) is 2.95. The Bertz CT molecular complexity index is 827. The lowest BCUT2D eigenvalue weighted by atomic mass is 9.97. The SMILES string of the molecule is C=CCOc1ccc(C(=O)c2ccc(N(C)C)cc2O)c(C(=O)O)c1. The number of phenols is 1. The number of phenolic OH excluding ortho intramolecular Hbond substituents is 1. The molecule has 2 aromatic rings. The number of benzene rings is 2. The van der Waals surface area contributed by atoms with Crippen LogP contribution < -0.4 is 9.64 Å². The standard InChI is InChI=1S/C19H19NO5/c1-4-9-25-13-6-8-14(16(11-13)19(23)24)18(22)15-7-5-12(20(2)3)10-17(15)21/h4-8,10-11,21H,1,9H2,2-3H3,(H,23,24). The highest BCUT2D eigenvalue weighted by molar-refractivity contribution is 6.15. The molecule has 6 heteroatoms. The van der Waals surface area contributed by atoms with Crippen molar-refractivity contribution in [2.45, 2.75) is 0 Å². The lowest BCUT2D eigenvalue weighted by Crippen LogP contribution is -2.12. The molecular weight excluding hydrogens is 322 g/mol. The van der Waals surface area contributed by atoms with Gasteiger partial charge in [-0.2, -0.15) is 0 Å². The molecule has 0 heterocycles. The van der Waals surface area contributed by atoms with Gasteiger partial charge in [0.25, 0.3) is 0 Å². The Morgan fingerprint density at radius 2 is 1.80 bits per heavy atom. The van der Waals surface area contributed by atoms with Crippen LogP contribution in [0.4, 0.5) is 5.69 Å². The highest BCUT2D eigenvalue weighted by atomic mass is 16.5. The summed E-state index contributed by atoms with van der Waals surface area (Å²) in [5.41, 5.74) is 0.544. The molecule has 2 aromatic carbocycles. The lowest BCUT2D eigenvalue weighted by Gasteiger charge is -2.14. The first kappa shape index (κ1) is 18.1. The molecule has 0 atom stereocenters. The molecule has 0 saturated heterocycles. The molecule has 0 aliphatic rings. The smallest absolute Gasteiger partial charge is 0.336 e. The van der Waals surface area contributed by atoms with Crippen molar-refractivity contribution in [3.8, 4) is 11.5 Å². The van der Waals surface area contributed by atoms with E-state index in [0.29, 0.717) is 5.75 Å². The highest BCUT2D eigenvalue weighted by Crippen LogP contribution is 2.28. The summed E-state index contributed by atoms with van der Waals surface area (Å²) in [5.74, 6) is -1.71. The Labute approximate surface area is 145 Å². The summed E-state index contributed by atoms with van der Waals surface area (Å²) in [7, 11) is 3.61. The number of hydrogen-bond donors (Lipinski definition) is 2. The van der Waals surface area contributed by atoms with Crippen molar-refractivity contribution < 1.29 is 24.5 Å². The predicted molar refractivity (Wildman–Crippen MR) is 95.0 cm³/mol. The Kier molecular flexibility index (Phi) is 5.44.